The van der Waals surface area contributed by atoms with E-state index in [0.717, 1.165) is 0 Å². The van der Waals surface area contributed by atoms with Gasteiger partial charge in [0, 0.05) is 0 Å². The molecule has 0 saturated heterocycles. The monoisotopic (exact) mass is 172 g/mol. The van der Waals surface area contributed by atoms with Gasteiger partial charge >= 0.3 is 51.4 Å². The second kappa shape index (κ2) is 8.67. The van der Waals surface area contributed by atoms with Gasteiger partial charge in [0.25, 0.3) is 7.82 Å². The van der Waals surface area contributed by atoms with Crippen LogP contribution in [0.2, 0.25) is 0 Å². The summed E-state index contributed by atoms with van der Waals surface area (Å²) in [6.07, 6.45) is 0. The fourth-order valence-electron chi connectivity index (χ4n) is 0. The van der Waals surface area contributed by atoms with Crippen molar-refractivity contribution in [1.82, 2.24) is 0 Å². The largest absolute Gasteiger partial charge is 1.00 e. The molecule has 0 saturated carbocycles. The Balaban J connectivity index is -0.0000000267. The molecule has 6 N–H and O–H groups in total. The quantitative estimate of drug-likeness (QED) is 0.276. The van der Waals surface area contributed by atoms with Gasteiger partial charge in [-0.2, -0.15) is 0 Å². The van der Waals surface area contributed by atoms with Crippen LogP contribution in [-0.4, -0.2) is 20.7 Å². The molecule has 6 nitrogen and oxygen atoms in total. The molecule has 0 aliphatic rings. The molecule has 0 amide bonds. The normalized spacial score (nSPS) is 7.38. The third-order valence-electron chi connectivity index (χ3n) is 0. The van der Waals surface area contributed by atoms with Crippen LogP contribution >= 0.6 is 7.82 Å². The molecule has 0 bridgehead atoms. The molecule has 0 unspecified atom stereocenters. The van der Waals surface area contributed by atoms with Gasteiger partial charge in [-0.3, -0.25) is 4.57 Å². The summed E-state index contributed by atoms with van der Waals surface area (Å²) in [6.45, 7) is 0. The minimum absolute atomic E-state index is 0. The van der Waals surface area contributed by atoms with E-state index in [1.54, 1.807) is 0 Å². The zero-order valence-electron chi connectivity index (χ0n) is 4.16. The Morgan fingerprint density at radius 1 is 1.25 bits per heavy atom. The second-order valence-electron chi connectivity index (χ2n) is 0.491. The Labute approximate surface area is 88.2 Å². The molecular weight excluding hydrogens is 166 g/mol. The molecule has 0 aromatic heterocycles. The molecule has 0 aliphatic carbocycles. The summed E-state index contributed by atoms with van der Waals surface area (Å²) in [4.78, 5) is 22.9. The van der Waals surface area contributed by atoms with Crippen molar-refractivity contribution >= 4 is 7.82 Å². The second-order valence-corrected chi connectivity index (χ2v) is 1.47. The van der Waals surface area contributed by atoms with Crippen molar-refractivity contribution < 1.29 is 81.6 Å². The van der Waals surface area contributed by atoms with E-state index >= 15 is 0 Å². The maximum Gasteiger partial charge on any atom is 1.00 e. The first-order valence-corrected chi connectivity index (χ1v) is 2.30. The van der Waals surface area contributed by atoms with Crippen molar-refractivity contribution in [2.45, 2.75) is 0 Å². The molecule has 0 aromatic carbocycles. The van der Waals surface area contributed by atoms with Gasteiger partial charge in [-0.1, -0.05) is 0 Å². The Morgan fingerprint density at radius 3 is 1.25 bits per heavy atom. The van der Waals surface area contributed by atoms with E-state index in [9.17, 15) is 0 Å². The van der Waals surface area contributed by atoms with E-state index in [4.69, 9.17) is 19.2 Å². The van der Waals surface area contributed by atoms with Crippen molar-refractivity contribution in [3.05, 3.63) is 0 Å². The van der Waals surface area contributed by atoms with Crippen LogP contribution in [-0.2, 0) is 4.57 Å². The molecular formula is H6KO6P. The van der Waals surface area contributed by atoms with Crippen LogP contribution in [0.1, 0.15) is 0 Å². The van der Waals surface area contributed by atoms with Crippen LogP contribution in [0, 0.1) is 0 Å². The first-order chi connectivity index (χ1) is 2.00. The van der Waals surface area contributed by atoms with E-state index in [0.29, 0.717) is 0 Å². The average molecular weight is 172 g/mol. The summed E-state index contributed by atoms with van der Waals surface area (Å²) in [5, 5.41) is 0. The topological polar surface area (TPSA) is 144 Å². The van der Waals surface area contributed by atoms with Gasteiger partial charge in [0.05, 0.1) is 0 Å². The predicted octanol–water partition coefficient (Wildman–Crippen LogP) is -6.21. The van der Waals surface area contributed by atoms with E-state index in [-0.39, 0.29) is 62.3 Å². The SMILES string of the molecule is O.O.O=P([O-])(O)O.[K+]. The number of rotatable bonds is 0. The van der Waals surface area contributed by atoms with Crippen LogP contribution in [0.4, 0.5) is 0 Å². The van der Waals surface area contributed by atoms with E-state index in [2.05, 4.69) is 0 Å². The summed E-state index contributed by atoms with van der Waals surface area (Å²) in [5.74, 6) is 0. The molecule has 0 fully saturated rings. The zero-order valence-corrected chi connectivity index (χ0v) is 8.18. The molecule has 48 valence electrons. The summed E-state index contributed by atoms with van der Waals surface area (Å²) in [5.41, 5.74) is 0. The van der Waals surface area contributed by atoms with Crippen molar-refractivity contribution in [3.63, 3.8) is 0 Å². The molecule has 0 radical (unpaired) electrons. The van der Waals surface area contributed by atoms with Crippen molar-refractivity contribution in [1.29, 1.82) is 0 Å². The minimum Gasteiger partial charge on any atom is -0.756 e. The van der Waals surface area contributed by atoms with Crippen LogP contribution in [0.15, 0.2) is 0 Å². The molecule has 0 heterocycles. The van der Waals surface area contributed by atoms with E-state index < -0.39 is 7.82 Å². The standard InChI is InChI=1S/K.H3O4P.2H2O/c;1-5(2,3)4;;/h;(H3,1,2,3,4);2*1H2/q+1;;;/p-1. The first-order valence-electron chi connectivity index (χ1n) is 0.765. The molecule has 8 heteroatoms. The fourth-order valence-corrected chi connectivity index (χ4v) is 0. The van der Waals surface area contributed by atoms with Crippen LogP contribution < -0.4 is 56.3 Å². The molecule has 8 heavy (non-hydrogen) atoms. The molecule has 0 atom stereocenters. The van der Waals surface area contributed by atoms with Gasteiger partial charge in [-0.25, -0.2) is 0 Å². The summed E-state index contributed by atoms with van der Waals surface area (Å²) < 4.78 is 8.77. The summed E-state index contributed by atoms with van der Waals surface area (Å²) >= 11 is 0. The maximum absolute atomic E-state index is 8.77. The summed E-state index contributed by atoms with van der Waals surface area (Å²) in [6, 6.07) is 0. The minimum atomic E-state index is -4.89. The third-order valence-corrected chi connectivity index (χ3v) is 0. The zero-order chi connectivity index (χ0) is 4.50. The Bertz CT molecular complexity index is 54.7. The van der Waals surface area contributed by atoms with Gasteiger partial charge in [0.15, 0.2) is 0 Å². The van der Waals surface area contributed by atoms with Crippen molar-refractivity contribution in [2.75, 3.05) is 0 Å². The predicted molar refractivity (Wildman–Crippen MR) is 19.3 cm³/mol. The number of hydrogen-bond donors (Lipinski definition) is 2. The molecule has 0 aromatic rings. The fraction of sp³-hybridized carbons (Fsp3) is 0. The van der Waals surface area contributed by atoms with Crippen LogP contribution in [0.3, 0.4) is 0 Å². The van der Waals surface area contributed by atoms with E-state index in [1.807, 2.05) is 0 Å². The third kappa shape index (κ3) is 123. The molecule has 0 spiro atoms. The van der Waals surface area contributed by atoms with Gasteiger partial charge in [0.1, 0.15) is 0 Å². The smallest absolute Gasteiger partial charge is 0.756 e. The van der Waals surface area contributed by atoms with Crippen LogP contribution in [0.25, 0.3) is 0 Å². The average Bonchev–Trinajstić information content (AvgIpc) is 0.722. The molecule has 0 aliphatic heterocycles. The number of hydrogen-bond acceptors (Lipinski definition) is 2. The molecule has 0 rings (SSSR count). The van der Waals surface area contributed by atoms with Gasteiger partial charge in [0.2, 0.25) is 0 Å². The Hall–Kier alpha value is 1.67. The van der Waals surface area contributed by atoms with Gasteiger partial charge < -0.3 is 25.6 Å². The van der Waals surface area contributed by atoms with Crippen LogP contribution in [0.5, 0.6) is 0 Å². The number of phosphoric acid groups is 1. The summed E-state index contributed by atoms with van der Waals surface area (Å²) in [7, 11) is -4.89. The van der Waals surface area contributed by atoms with Crippen molar-refractivity contribution in [2.24, 2.45) is 0 Å². The van der Waals surface area contributed by atoms with Gasteiger partial charge in [-0.05, 0) is 0 Å². The Kier molecular flexibility index (Phi) is 24.5. The van der Waals surface area contributed by atoms with E-state index in [1.165, 1.54) is 0 Å². The van der Waals surface area contributed by atoms with Crippen molar-refractivity contribution in [3.8, 4) is 0 Å². The Morgan fingerprint density at radius 2 is 1.25 bits per heavy atom. The van der Waals surface area contributed by atoms with Gasteiger partial charge in [-0.15, -0.1) is 0 Å². The maximum atomic E-state index is 8.77. The first kappa shape index (κ1) is 22.6.